The zero-order valence-electron chi connectivity index (χ0n) is 43.0. The van der Waals surface area contributed by atoms with Crippen LogP contribution in [-0.2, 0) is 28.6 Å². The fraction of sp³-hybridized carbons (Fsp3) is 0.780. The topological polar surface area (TPSA) is 78.9 Å². The number of allylic oxidation sites excluding steroid dienone is 10. The van der Waals surface area contributed by atoms with Crippen molar-refractivity contribution in [3.05, 3.63) is 60.8 Å². The minimum atomic E-state index is -0.794. The van der Waals surface area contributed by atoms with Crippen LogP contribution in [0, 0.1) is 0 Å². The van der Waals surface area contributed by atoms with Crippen molar-refractivity contribution in [1.29, 1.82) is 0 Å². The first kappa shape index (κ1) is 62.1. The summed E-state index contributed by atoms with van der Waals surface area (Å²) in [5.41, 5.74) is 0. The van der Waals surface area contributed by atoms with E-state index in [1.54, 1.807) is 0 Å². The molecule has 0 rings (SSSR count). The van der Waals surface area contributed by atoms with Gasteiger partial charge in [-0.25, -0.2) is 0 Å². The number of hydrogen-bond donors (Lipinski definition) is 0. The zero-order chi connectivity index (χ0) is 47.2. The van der Waals surface area contributed by atoms with Crippen molar-refractivity contribution in [3.63, 3.8) is 0 Å². The van der Waals surface area contributed by atoms with Crippen LogP contribution in [0.25, 0.3) is 0 Å². The molecule has 0 spiro atoms. The lowest BCUT2D eigenvalue weighted by molar-refractivity contribution is -0.167. The largest absolute Gasteiger partial charge is 0.462 e. The van der Waals surface area contributed by atoms with Crippen molar-refractivity contribution in [2.45, 2.75) is 284 Å². The molecule has 0 aliphatic carbocycles. The quantitative estimate of drug-likeness (QED) is 0.0262. The third kappa shape index (κ3) is 51.9. The number of carbonyl (C=O) groups is 3. The lowest BCUT2D eigenvalue weighted by atomic mass is 10.1. The highest BCUT2D eigenvalue weighted by Crippen LogP contribution is 2.15. The van der Waals surface area contributed by atoms with Crippen molar-refractivity contribution in [2.24, 2.45) is 0 Å². The number of ether oxygens (including phenoxy) is 3. The van der Waals surface area contributed by atoms with Gasteiger partial charge >= 0.3 is 17.9 Å². The van der Waals surface area contributed by atoms with Gasteiger partial charge in [-0.2, -0.15) is 0 Å². The molecule has 0 bridgehead atoms. The summed E-state index contributed by atoms with van der Waals surface area (Å²) in [7, 11) is 0. The zero-order valence-corrected chi connectivity index (χ0v) is 43.0. The van der Waals surface area contributed by atoms with E-state index in [9.17, 15) is 14.4 Å². The molecular formula is C59H104O6. The van der Waals surface area contributed by atoms with E-state index in [0.717, 1.165) is 64.2 Å². The molecule has 0 N–H and O–H groups in total. The number of unbranched alkanes of at least 4 members (excludes halogenated alkanes) is 29. The molecule has 0 saturated carbocycles. The van der Waals surface area contributed by atoms with Crippen molar-refractivity contribution >= 4 is 17.9 Å². The monoisotopic (exact) mass is 909 g/mol. The van der Waals surface area contributed by atoms with Gasteiger partial charge in [0.05, 0.1) is 0 Å². The normalized spacial score (nSPS) is 12.5. The van der Waals surface area contributed by atoms with Crippen LogP contribution in [-0.4, -0.2) is 37.2 Å². The molecule has 0 aliphatic heterocycles. The van der Waals surface area contributed by atoms with Crippen molar-refractivity contribution < 1.29 is 28.6 Å². The first-order valence-electron chi connectivity index (χ1n) is 27.8. The average molecular weight is 909 g/mol. The molecule has 0 aromatic heterocycles. The predicted molar refractivity (Wildman–Crippen MR) is 279 cm³/mol. The van der Waals surface area contributed by atoms with Gasteiger partial charge in [-0.15, -0.1) is 0 Å². The van der Waals surface area contributed by atoms with E-state index in [1.165, 1.54) is 167 Å². The van der Waals surface area contributed by atoms with Crippen LogP contribution in [0.15, 0.2) is 60.8 Å². The minimum Gasteiger partial charge on any atom is -0.462 e. The number of hydrogen-bond acceptors (Lipinski definition) is 6. The summed E-state index contributed by atoms with van der Waals surface area (Å²) >= 11 is 0. The van der Waals surface area contributed by atoms with Crippen molar-refractivity contribution in [3.8, 4) is 0 Å². The van der Waals surface area contributed by atoms with Crippen LogP contribution >= 0.6 is 0 Å². The van der Waals surface area contributed by atoms with E-state index < -0.39 is 6.10 Å². The smallest absolute Gasteiger partial charge is 0.306 e. The second kappa shape index (κ2) is 53.7. The van der Waals surface area contributed by atoms with Gasteiger partial charge < -0.3 is 14.2 Å². The van der Waals surface area contributed by atoms with Gasteiger partial charge in [0.2, 0.25) is 0 Å². The molecule has 0 saturated heterocycles. The molecule has 6 nitrogen and oxygen atoms in total. The second-order valence-corrected chi connectivity index (χ2v) is 18.5. The first-order chi connectivity index (χ1) is 32.0. The van der Waals surface area contributed by atoms with Crippen LogP contribution < -0.4 is 0 Å². The van der Waals surface area contributed by atoms with E-state index in [-0.39, 0.29) is 37.5 Å². The summed E-state index contributed by atoms with van der Waals surface area (Å²) < 4.78 is 16.8. The van der Waals surface area contributed by atoms with Crippen LogP contribution in [0.5, 0.6) is 0 Å². The molecule has 6 heteroatoms. The highest BCUT2D eigenvalue weighted by atomic mass is 16.6. The summed E-state index contributed by atoms with van der Waals surface area (Å²) in [4.78, 5) is 38.0. The van der Waals surface area contributed by atoms with Crippen LogP contribution in [0.2, 0.25) is 0 Å². The van der Waals surface area contributed by atoms with E-state index >= 15 is 0 Å². The van der Waals surface area contributed by atoms with Gasteiger partial charge in [0.25, 0.3) is 0 Å². The molecule has 0 aromatic carbocycles. The Morgan fingerprint density at radius 1 is 0.308 bits per heavy atom. The molecule has 65 heavy (non-hydrogen) atoms. The predicted octanol–water partition coefficient (Wildman–Crippen LogP) is 18.4. The van der Waals surface area contributed by atoms with Gasteiger partial charge in [0, 0.05) is 19.3 Å². The summed E-state index contributed by atoms with van der Waals surface area (Å²) in [6.07, 6.45) is 66.4. The Morgan fingerprint density at radius 3 is 0.969 bits per heavy atom. The summed E-state index contributed by atoms with van der Waals surface area (Å²) in [5, 5.41) is 0. The molecular weight excluding hydrogens is 805 g/mol. The fourth-order valence-electron chi connectivity index (χ4n) is 7.78. The Labute approximate surface area is 402 Å². The molecule has 0 unspecified atom stereocenters. The molecule has 0 aliphatic rings. The Kier molecular flexibility index (Phi) is 51.3. The molecule has 0 fully saturated rings. The van der Waals surface area contributed by atoms with Gasteiger partial charge in [0.15, 0.2) is 6.10 Å². The molecule has 0 heterocycles. The fourth-order valence-corrected chi connectivity index (χ4v) is 7.78. The highest BCUT2D eigenvalue weighted by molar-refractivity contribution is 5.71. The standard InChI is InChI=1S/C59H104O6/c1-4-7-10-13-16-19-22-24-26-28-29-31-33-35-38-41-44-47-50-53-59(62)65-56(54-63-57(60)51-48-45-42-39-36-21-18-15-12-9-6-3)55-64-58(61)52-49-46-43-40-37-34-32-30-27-25-23-20-17-14-11-8-5-2/h17,20,24-27,32,34,40,43,56H,4-16,18-19,21-23,28-31,33,35-39,41-42,44-55H2,1-3H3/b20-17-,26-24-,27-25-,34-32-,43-40-/t56-/m0/s1. The van der Waals surface area contributed by atoms with E-state index in [4.69, 9.17) is 14.2 Å². The molecule has 1 atom stereocenters. The first-order valence-corrected chi connectivity index (χ1v) is 27.8. The molecule has 0 aromatic rings. The maximum absolute atomic E-state index is 12.8. The number of esters is 3. The SMILES string of the molecule is CCCCC/C=C\C/C=C\C/C=C\C/C=C\CCCC(=O)OC[C@H](COC(=O)CCCCCCCCCCCCC)OC(=O)CCCCCCCCCCC/C=C\CCCCCCCC. The van der Waals surface area contributed by atoms with Crippen LogP contribution in [0.3, 0.4) is 0 Å². The van der Waals surface area contributed by atoms with Gasteiger partial charge in [0.1, 0.15) is 13.2 Å². The van der Waals surface area contributed by atoms with E-state index in [2.05, 4.69) is 81.5 Å². The van der Waals surface area contributed by atoms with Gasteiger partial charge in [-0.05, 0) is 83.5 Å². The molecule has 0 radical (unpaired) electrons. The minimum absolute atomic E-state index is 0.0897. The third-order valence-corrected chi connectivity index (χ3v) is 12.0. The summed E-state index contributed by atoms with van der Waals surface area (Å²) in [6, 6.07) is 0. The Balaban J connectivity index is 4.41. The maximum Gasteiger partial charge on any atom is 0.306 e. The lowest BCUT2D eigenvalue weighted by Crippen LogP contribution is -2.30. The number of rotatable bonds is 50. The molecule has 0 amide bonds. The third-order valence-electron chi connectivity index (χ3n) is 12.0. The maximum atomic E-state index is 12.8. The molecule has 376 valence electrons. The lowest BCUT2D eigenvalue weighted by Gasteiger charge is -2.18. The Hall–Kier alpha value is -2.89. The van der Waals surface area contributed by atoms with Crippen LogP contribution in [0.1, 0.15) is 278 Å². The van der Waals surface area contributed by atoms with Crippen molar-refractivity contribution in [1.82, 2.24) is 0 Å². The van der Waals surface area contributed by atoms with Crippen LogP contribution in [0.4, 0.5) is 0 Å². The van der Waals surface area contributed by atoms with Crippen molar-refractivity contribution in [2.75, 3.05) is 13.2 Å². The second-order valence-electron chi connectivity index (χ2n) is 18.5. The highest BCUT2D eigenvalue weighted by Gasteiger charge is 2.19. The van der Waals surface area contributed by atoms with Gasteiger partial charge in [-0.1, -0.05) is 236 Å². The number of carbonyl (C=O) groups excluding carboxylic acids is 3. The average Bonchev–Trinajstić information content (AvgIpc) is 3.30. The Morgan fingerprint density at radius 2 is 0.569 bits per heavy atom. The van der Waals surface area contributed by atoms with E-state index in [0.29, 0.717) is 19.3 Å². The van der Waals surface area contributed by atoms with Gasteiger partial charge in [-0.3, -0.25) is 14.4 Å². The Bertz CT molecular complexity index is 1180. The van der Waals surface area contributed by atoms with E-state index in [1.807, 2.05) is 0 Å². The summed E-state index contributed by atoms with van der Waals surface area (Å²) in [5.74, 6) is -0.943. The summed E-state index contributed by atoms with van der Waals surface area (Å²) in [6.45, 7) is 6.57.